The Labute approximate surface area is 136 Å². The Morgan fingerprint density at radius 1 is 1.22 bits per heavy atom. The van der Waals surface area contributed by atoms with E-state index in [4.69, 9.17) is 9.47 Å². The first-order valence-electron chi connectivity index (χ1n) is 7.37. The van der Waals surface area contributed by atoms with Crippen LogP contribution in [0.15, 0.2) is 23.1 Å². The van der Waals surface area contributed by atoms with Crippen LogP contribution in [0.1, 0.15) is 12.8 Å². The highest BCUT2D eigenvalue weighted by Gasteiger charge is 2.33. The lowest BCUT2D eigenvalue weighted by Gasteiger charge is -2.30. The molecule has 8 heteroatoms. The molecule has 1 N–H and O–H groups in total. The zero-order valence-corrected chi connectivity index (χ0v) is 14.4. The Kier molecular flexibility index (Phi) is 5.48. The molecule has 0 unspecified atom stereocenters. The van der Waals surface area contributed by atoms with E-state index >= 15 is 0 Å². The summed E-state index contributed by atoms with van der Waals surface area (Å²) < 4.78 is 37.3. The summed E-state index contributed by atoms with van der Waals surface area (Å²) in [4.78, 5) is 11.8. The van der Waals surface area contributed by atoms with Crippen molar-refractivity contribution in [3.63, 3.8) is 0 Å². The average molecular weight is 342 g/mol. The van der Waals surface area contributed by atoms with Gasteiger partial charge in [-0.05, 0) is 25.0 Å². The highest BCUT2D eigenvalue weighted by molar-refractivity contribution is 7.89. The lowest BCUT2D eigenvalue weighted by atomic mass is 9.97. The number of benzene rings is 1. The maximum absolute atomic E-state index is 12.8. The van der Waals surface area contributed by atoms with Crippen molar-refractivity contribution in [3.8, 4) is 11.5 Å². The molecule has 0 saturated carbocycles. The van der Waals surface area contributed by atoms with Crippen molar-refractivity contribution >= 4 is 15.9 Å². The number of hydrogen-bond donors (Lipinski definition) is 1. The number of hydrogen-bond acceptors (Lipinski definition) is 5. The van der Waals surface area contributed by atoms with E-state index in [2.05, 4.69) is 5.32 Å². The number of methoxy groups -OCH3 is 2. The summed E-state index contributed by atoms with van der Waals surface area (Å²) in [6.07, 6.45) is 1.02. The van der Waals surface area contributed by atoms with Gasteiger partial charge in [0.25, 0.3) is 0 Å². The van der Waals surface area contributed by atoms with E-state index in [-0.39, 0.29) is 22.5 Å². The second-order valence-corrected chi connectivity index (χ2v) is 7.22. The second-order valence-electron chi connectivity index (χ2n) is 5.31. The molecule has 0 aliphatic carbocycles. The molecule has 2 rings (SSSR count). The number of amides is 1. The van der Waals surface area contributed by atoms with Crippen molar-refractivity contribution in [3.05, 3.63) is 18.2 Å². The molecule has 0 aromatic heterocycles. The molecule has 1 saturated heterocycles. The summed E-state index contributed by atoms with van der Waals surface area (Å²) in [6, 6.07) is 4.62. The molecule has 1 aromatic rings. The van der Waals surface area contributed by atoms with E-state index < -0.39 is 10.0 Å². The van der Waals surface area contributed by atoms with Gasteiger partial charge in [0.1, 0.15) is 16.4 Å². The van der Waals surface area contributed by atoms with Gasteiger partial charge in [-0.3, -0.25) is 4.79 Å². The molecule has 1 aliphatic rings. The van der Waals surface area contributed by atoms with E-state index in [0.29, 0.717) is 31.7 Å². The van der Waals surface area contributed by atoms with Crippen molar-refractivity contribution in [2.24, 2.45) is 5.92 Å². The number of piperidine rings is 1. The van der Waals surface area contributed by atoms with Gasteiger partial charge in [-0.25, -0.2) is 8.42 Å². The van der Waals surface area contributed by atoms with Crippen LogP contribution in [-0.4, -0.2) is 53.0 Å². The fourth-order valence-electron chi connectivity index (χ4n) is 2.69. The second kappa shape index (κ2) is 7.18. The number of rotatable bonds is 5. The van der Waals surface area contributed by atoms with Crippen LogP contribution in [-0.2, 0) is 14.8 Å². The third-order valence-corrected chi connectivity index (χ3v) is 6.00. The van der Waals surface area contributed by atoms with E-state index in [9.17, 15) is 13.2 Å². The molecular weight excluding hydrogens is 320 g/mol. The van der Waals surface area contributed by atoms with Gasteiger partial charge in [0.2, 0.25) is 15.9 Å². The molecule has 1 aromatic carbocycles. The van der Waals surface area contributed by atoms with Crippen LogP contribution in [0.5, 0.6) is 11.5 Å². The van der Waals surface area contributed by atoms with Gasteiger partial charge in [-0.1, -0.05) is 0 Å². The zero-order valence-electron chi connectivity index (χ0n) is 13.5. The normalized spacial score (nSPS) is 16.8. The number of sulfonamides is 1. The Bertz CT molecular complexity index is 666. The highest BCUT2D eigenvalue weighted by Crippen LogP contribution is 2.32. The molecule has 128 valence electrons. The lowest BCUT2D eigenvalue weighted by Crippen LogP contribution is -2.42. The van der Waals surface area contributed by atoms with E-state index in [0.717, 1.165) is 0 Å². The number of nitrogens with one attached hydrogen (secondary N) is 1. The Hall–Kier alpha value is -1.80. The molecular formula is C15H22N2O5S. The van der Waals surface area contributed by atoms with Crippen LogP contribution in [0, 0.1) is 5.92 Å². The van der Waals surface area contributed by atoms with Crippen LogP contribution >= 0.6 is 0 Å². The average Bonchev–Trinajstić information content (AvgIpc) is 2.60. The summed E-state index contributed by atoms with van der Waals surface area (Å²) in [5.41, 5.74) is 0. The SMILES string of the molecule is CNC(=O)C1CCN(S(=O)(=O)c2ccc(OC)cc2OC)CC1. The predicted octanol–water partition coefficient (Wildman–Crippen LogP) is 0.851. The van der Waals surface area contributed by atoms with Gasteiger partial charge in [0, 0.05) is 32.1 Å². The van der Waals surface area contributed by atoms with Crippen LogP contribution in [0.25, 0.3) is 0 Å². The van der Waals surface area contributed by atoms with Gasteiger partial charge in [-0.15, -0.1) is 0 Å². The Balaban J connectivity index is 2.21. The number of carbonyl (C=O) groups excluding carboxylic acids is 1. The molecule has 0 spiro atoms. The third-order valence-electron chi connectivity index (χ3n) is 4.06. The highest BCUT2D eigenvalue weighted by atomic mass is 32.2. The fourth-order valence-corrected chi connectivity index (χ4v) is 4.30. The molecule has 0 radical (unpaired) electrons. The van der Waals surface area contributed by atoms with Crippen LogP contribution in [0.4, 0.5) is 0 Å². The maximum Gasteiger partial charge on any atom is 0.246 e. The van der Waals surface area contributed by atoms with Gasteiger partial charge in [-0.2, -0.15) is 4.31 Å². The third kappa shape index (κ3) is 3.59. The smallest absolute Gasteiger partial charge is 0.246 e. The van der Waals surface area contributed by atoms with E-state index in [1.165, 1.54) is 24.6 Å². The molecule has 7 nitrogen and oxygen atoms in total. The number of carbonyl (C=O) groups is 1. The van der Waals surface area contributed by atoms with Gasteiger partial charge < -0.3 is 14.8 Å². The van der Waals surface area contributed by atoms with Crippen molar-refractivity contribution in [2.75, 3.05) is 34.4 Å². The Morgan fingerprint density at radius 3 is 2.39 bits per heavy atom. The van der Waals surface area contributed by atoms with Gasteiger partial charge >= 0.3 is 0 Å². The van der Waals surface area contributed by atoms with Gasteiger partial charge in [0.05, 0.1) is 14.2 Å². The number of ether oxygens (including phenoxy) is 2. The van der Waals surface area contributed by atoms with Gasteiger partial charge in [0.15, 0.2) is 0 Å². The summed E-state index contributed by atoms with van der Waals surface area (Å²) in [5, 5.41) is 2.61. The summed E-state index contributed by atoms with van der Waals surface area (Å²) in [5.74, 6) is 0.602. The monoisotopic (exact) mass is 342 g/mol. The summed E-state index contributed by atoms with van der Waals surface area (Å²) in [7, 11) is 0.855. The number of nitrogens with zero attached hydrogens (tertiary/aromatic N) is 1. The first kappa shape index (κ1) is 17.6. The lowest BCUT2D eigenvalue weighted by molar-refractivity contribution is -0.125. The van der Waals surface area contributed by atoms with E-state index in [1.807, 2.05) is 0 Å². The molecule has 0 atom stereocenters. The fraction of sp³-hybridized carbons (Fsp3) is 0.533. The summed E-state index contributed by atoms with van der Waals surface area (Å²) >= 11 is 0. The van der Waals surface area contributed by atoms with Crippen molar-refractivity contribution in [2.45, 2.75) is 17.7 Å². The molecule has 1 aliphatic heterocycles. The minimum atomic E-state index is -3.66. The zero-order chi connectivity index (χ0) is 17.0. The minimum absolute atomic E-state index is 0.0379. The van der Waals surface area contributed by atoms with Crippen LogP contribution in [0.2, 0.25) is 0 Å². The van der Waals surface area contributed by atoms with Crippen LogP contribution < -0.4 is 14.8 Å². The molecule has 0 bridgehead atoms. The van der Waals surface area contributed by atoms with Crippen molar-refractivity contribution < 1.29 is 22.7 Å². The summed E-state index contributed by atoms with van der Waals surface area (Å²) in [6.45, 7) is 0.630. The molecule has 1 amide bonds. The minimum Gasteiger partial charge on any atom is -0.497 e. The topological polar surface area (TPSA) is 84.9 Å². The largest absolute Gasteiger partial charge is 0.497 e. The predicted molar refractivity (Wildman–Crippen MR) is 85.1 cm³/mol. The van der Waals surface area contributed by atoms with Crippen molar-refractivity contribution in [1.82, 2.24) is 9.62 Å². The molecule has 1 heterocycles. The van der Waals surface area contributed by atoms with Crippen molar-refractivity contribution in [1.29, 1.82) is 0 Å². The quantitative estimate of drug-likeness (QED) is 0.857. The maximum atomic E-state index is 12.8. The Morgan fingerprint density at radius 2 is 1.87 bits per heavy atom. The first-order valence-corrected chi connectivity index (χ1v) is 8.81. The molecule has 23 heavy (non-hydrogen) atoms. The van der Waals surface area contributed by atoms with Crippen LogP contribution in [0.3, 0.4) is 0 Å². The first-order chi connectivity index (χ1) is 10.9. The van der Waals surface area contributed by atoms with E-state index in [1.54, 1.807) is 19.2 Å². The molecule has 1 fully saturated rings. The standard InChI is InChI=1S/C15H22N2O5S/c1-16-15(18)11-6-8-17(9-7-11)23(19,20)14-5-4-12(21-2)10-13(14)22-3/h4-5,10-11H,6-9H2,1-3H3,(H,16,18).